The molecule has 2 aromatic carbocycles. The quantitative estimate of drug-likeness (QED) is 0.0807. The lowest BCUT2D eigenvalue weighted by molar-refractivity contribution is -0.136. The van der Waals surface area contributed by atoms with Crippen LogP contribution in [-0.2, 0) is 9.53 Å². The zero-order chi connectivity index (χ0) is 29.2. The SMILES string of the molecule is C=CCOc1c(Br)cc(/C=N/N[C@H](O)COc2ccc([C@H]3NC(=O)NC(C)=C3C(=O)OC)cc2OCC)cc1Br. The van der Waals surface area contributed by atoms with E-state index in [2.05, 4.69) is 59.6 Å². The second kappa shape index (κ2) is 14.7. The Morgan fingerprint density at radius 2 is 1.93 bits per heavy atom. The number of allylic oxidation sites excluding steroid dienone is 1. The average Bonchev–Trinajstić information content (AvgIpc) is 2.91. The van der Waals surface area contributed by atoms with Crippen LogP contribution in [0.4, 0.5) is 4.79 Å². The van der Waals surface area contributed by atoms with Gasteiger partial charge < -0.3 is 34.7 Å². The number of rotatable bonds is 13. The number of nitrogens with zero attached hydrogens (tertiary/aromatic N) is 1. The average molecular weight is 682 g/mol. The van der Waals surface area contributed by atoms with E-state index in [9.17, 15) is 14.7 Å². The molecule has 3 rings (SSSR count). The first-order valence-electron chi connectivity index (χ1n) is 12.1. The van der Waals surface area contributed by atoms with Gasteiger partial charge in [-0.2, -0.15) is 5.10 Å². The summed E-state index contributed by atoms with van der Waals surface area (Å²) in [7, 11) is 1.27. The van der Waals surface area contributed by atoms with E-state index in [0.717, 1.165) is 14.5 Å². The van der Waals surface area contributed by atoms with Gasteiger partial charge in [0.1, 0.15) is 19.0 Å². The number of hydrazone groups is 1. The molecule has 0 unspecified atom stereocenters. The normalized spacial score (nSPS) is 15.7. The smallest absolute Gasteiger partial charge is 0.337 e. The number of hydrogen-bond acceptors (Lipinski definition) is 9. The van der Waals surface area contributed by atoms with E-state index in [0.29, 0.717) is 41.7 Å². The summed E-state index contributed by atoms with van der Waals surface area (Å²) >= 11 is 6.94. The number of carbonyl (C=O) groups is 2. The van der Waals surface area contributed by atoms with Crippen molar-refractivity contribution in [3.05, 3.63) is 74.3 Å². The number of carbonyl (C=O) groups excluding carboxylic acids is 2. The summed E-state index contributed by atoms with van der Waals surface area (Å²) in [5, 5.41) is 19.7. The highest BCUT2D eigenvalue weighted by Gasteiger charge is 2.32. The van der Waals surface area contributed by atoms with Crippen molar-refractivity contribution in [1.82, 2.24) is 16.1 Å². The van der Waals surface area contributed by atoms with Crippen LogP contribution in [0, 0.1) is 0 Å². The minimum Gasteiger partial charge on any atom is -0.490 e. The Bertz CT molecular complexity index is 1290. The third-order valence-corrected chi connectivity index (χ3v) is 6.65. The van der Waals surface area contributed by atoms with E-state index in [1.165, 1.54) is 13.3 Å². The first kappa shape index (κ1) is 31.0. The maximum absolute atomic E-state index is 12.4. The molecule has 11 nitrogen and oxygen atoms in total. The molecule has 13 heteroatoms. The van der Waals surface area contributed by atoms with Gasteiger partial charge in [0, 0.05) is 5.70 Å². The molecule has 40 heavy (non-hydrogen) atoms. The van der Waals surface area contributed by atoms with Crippen molar-refractivity contribution in [2.24, 2.45) is 5.10 Å². The van der Waals surface area contributed by atoms with E-state index in [1.807, 2.05) is 19.1 Å². The Morgan fingerprint density at radius 1 is 1.20 bits per heavy atom. The Hall–Kier alpha value is -3.55. The van der Waals surface area contributed by atoms with Crippen molar-refractivity contribution in [3.63, 3.8) is 0 Å². The molecule has 0 aromatic heterocycles. The van der Waals surface area contributed by atoms with Crippen LogP contribution in [0.3, 0.4) is 0 Å². The van der Waals surface area contributed by atoms with Gasteiger partial charge in [-0.15, -0.1) is 0 Å². The number of urea groups is 1. The summed E-state index contributed by atoms with van der Waals surface area (Å²) in [6.07, 6.45) is 2.06. The number of hydrogen-bond donors (Lipinski definition) is 4. The van der Waals surface area contributed by atoms with Crippen LogP contribution in [0.5, 0.6) is 17.2 Å². The molecule has 0 bridgehead atoms. The van der Waals surface area contributed by atoms with Crippen LogP contribution < -0.4 is 30.3 Å². The molecular weight excluding hydrogens is 652 g/mol. The van der Waals surface area contributed by atoms with Crippen LogP contribution in [0.15, 0.2) is 68.3 Å². The molecule has 2 amide bonds. The number of ether oxygens (including phenoxy) is 4. The molecule has 0 spiro atoms. The minimum atomic E-state index is -1.13. The lowest BCUT2D eigenvalue weighted by atomic mass is 9.95. The second-order valence-corrected chi connectivity index (χ2v) is 10.0. The summed E-state index contributed by atoms with van der Waals surface area (Å²) in [4.78, 5) is 24.5. The third-order valence-electron chi connectivity index (χ3n) is 5.48. The Labute approximate surface area is 248 Å². The number of nitrogens with one attached hydrogen (secondary N) is 3. The molecule has 2 atom stereocenters. The molecule has 0 fully saturated rings. The highest BCUT2D eigenvalue weighted by molar-refractivity contribution is 9.11. The largest absolute Gasteiger partial charge is 0.490 e. The maximum atomic E-state index is 12.4. The third kappa shape index (κ3) is 7.99. The van der Waals surface area contributed by atoms with Crippen LogP contribution in [0.1, 0.15) is 31.0 Å². The van der Waals surface area contributed by atoms with E-state index in [4.69, 9.17) is 18.9 Å². The van der Waals surface area contributed by atoms with E-state index < -0.39 is 24.3 Å². The first-order valence-corrected chi connectivity index (χ1v) is 13.7. The van der Waals surface area contributed by atoms with Crippen molar-refractivity contribution in [3.8, 4) is 17.2 Å². The molecular formula is C27H30Br2N4O7. The highest BCUT2D eigenvalue weighted by atomic mass is 79.9. The zero-order valence-corrected chi connectivity index (χ0v) is 25.3. The van der Waals surface area contributed by atoms with E-state index in [1.54, 1.807) is 31.2 Å². The molecule has 0 saturated heterocycles. The van der Waals surface area contributed by atoms with Crippen LogP contribution in [-0.4, -0.2) is 56.5 Å². The molecule has 0 radical (unpaired) electrons. The summed E-state index contributed by atoms with van der Waals surface area (Å²) in [6.45, 7) is 7.64. The number of methoxy groups -OCH3 is 1. The predicted octanol–water partition coefficient (Wildman–Crippen LogP) is 4.30. The second-order valence-electron chi connectivity index (χ2n) is 8.33. The van der Waals surface area contributed by atoms with Crippen LogP contribution in [0.25, 0.3) is 0 Å². The minimum absolute atomic E-state index is 0.144. The van der Waals surface area contributed by atoms with Gasteiger partial charge in [-0.3, -0.25) is 5.43 Å². The van der Waals surface area contributed by atoms with Crippen molar-refractivity contribution in [2.75, 3.05) is 26.9 Å². The number of aliphatic hydroxyl groups is 1. The van der Waals surface area contributed by atoms with Gasteiger partial charge in [0.15, 0.2) is 17.7 Å². The fraction of sp³-hybridized carbons (Fsp3) is 0.296. The lowest BCUT2D eigenvalue weighted by Crippen LogP contribution is -2.45. The van der Waals surface area contributed by atoms with Gasteiger partial charge in [0.25, 0.3) is 0 Å². The van der Waals surface area contributed by atoms with Crippen LogP contribution in [0.2, 0.25) is 0 Å². The number of esters is 1. The predicted molar refractivity (Wildman–Crippen MR) is 157 cm³/mol. The van der Waals surface area contributed by atoms with Crippen molar-refractivity contribution in [2.45, 2.75) is 26.1 Å². The van der Waals surface area contributed by atoms with Gasteiger partial charge in [0.2, 0.25) is 0 Å². The molecule has 214 valence electrons. The highest BCUT2D eigenvalue weighted by Crippen LogP contribution is 2.36. The number of amides is 2. The fourth-order valence-electron chi connectivity index (χ4n) is 3.75. The Balaban J connectivity index is 1.68. The Kier molecular flexibility index (Phi) is 11.4. The standard InChI is InChI=1S/C27H30Br2N4O7/c1-5-9-39-25-18(28)10-16(11-19(25)29)13-30-33-22(34)14-40-20-8-7-17(12-21(20)38-6-2)24-23(26(35)37-4)15(3)31-27(36)32-24/h5,7-8,10-13,22,24,33-34H,1,6,9,14H2,2-4H3,(H2,31,32,36)/b30-13+/t22-,24-/m1/s1. The van der Waals surface area contributed by atoms with Crippen molar-refractivity contribution in [1.29, 1.82) is 0 Å². The number of halogens is 2. The zero-order valence-electron chi connectivity index (χ0n) is 22.1. The topological polar surface area (TPSA) is 140 Å². The van der Waals surface area contributed by atoms with Gasteiger partial charge in [0.05, 0.1) is 40.5 Å². The maximum Gasteiger partial charge on any atom is 0.337 e. The first-order chi connectivity index (χ1) is 19.2. The van der Waals surface area contributed by atoms with E-state index in [-0.39, 0.29) is 12.2 Å². The van der Waals surface area contributed by atoms with Crippen molar-refractivity contribution < 1.29 is 33.6 Å². The summed E-state index contributed by atoms with van der Waals surface area (Å²) in [5.74, 6) is 0.808. The molecule has 0 saturated carbocycles. The van der Waals surface area contributed by atoms with E-state index >= 15 is 0 Å². The molecule has 0 aliphatic carbocycles. The van der Waals surface area contributed by atoms with Crippen LogP contribution >= 0.6 is 31.9 Å². The van der Waals surface area contributed by atoms with Gasteiger partial charge in [-0.25, -0.2) is 9.59 Å². The monoisotopic (exact) mass is 680 g/mol. The number of aliphatic hydroxyl groups excluding tert-OH is 1. The molecule has 1 aliphatic heterocycles. The lowest BCUT2D eigenvalue weighted by Gasteiger charge is -2.28. The molecule has 1 aliphatic rings. The molecule has 4 N–H and O–H groups in total. The van der Waals surface area contributed by atoms with Gasteiger partial charge in [-0.05, 0) is 81.1 Å². The summed E-state index contributed by atoms with van der Waals surface area (Å²) in [5.41, 5.74) is 4.62. The molecule has 2 aromatic rings. The van der Waals surface area contributed by atoms with Crippen molar-refractivity contribution >= 4 is 50.1 Å². The molecule has 1 heterocycles. The summed E-state index contributed by atoms with van der Waals surface area (Å²) < 4.78 is 23.5. The van der Waals surface area contributed by atoms with Gasteiger partial charge in [-0.1, -0.05) is 18.7 Å². The Morgan fingerprint density at radius 3 is 2.58 bits per heavy atom. The summed E-state index contributed by atoms with van der Waals surface area (Å²) in [6, 6.07) is 7.45. The number of benzene rings is 2. The van der Waals surface area contributed by atoms with Gasteiger partial charge >= 0.3 is 12.0 Å². The fourth-order valence-corrected chi connectivity index (χ4v) is 5.20.